The van der Waals surface area contributed by atoms with Gasteiger partial charge in [0.1, 0.15) is 5.75 Å². The molecular formula is C19H19BrO4. The molecule has 0 radical (unpaired) electrons. The predicted octanol–water partition coefficient (Wildman–Crippen LogP) is 4.79. The van der Waals surface area contributed by atoms with Gasteiger partial charge < -0.3 is 9.47 Å². The summed E-state index contributed by atoms with van der Waals surface area (Å²) in [4.78, 5) is 24.2. The summed E-state index contributed by atoms with van der Waals surface area (Å²) in [6.07, 6.45) is 0. The molecule has 0 aliphatic heterocycles. The van der Waals surface area contributed by atoms with Gasteiger partial charge in [0.25, 0.3) is 0 Å². The average molecular weight is 391 g/mol. The highest BCUT2D eigenvalue weighted by molar-refractivity contribution is 9.10. The summed E-state index contributed by atoms with van der Waals surface area (Å²) in [6, 6.07) is 11.6. The smallest absolute Gasteiger partial charge is 0.343 e. The van der Waals surface area contributed by atoms with Crippen LogP contribution in [0, 0.1) is 12.8 Å². The first-order valence-electron chi connectivity index (χ1n) is 7.62. The van der Waals surface area contributed by atoms with E-state index in [1.54, 1.807) is 30.3 Å². The molecule has 0 saturated carbocycles. The summed E-state index contributed by atoms with van der Waals surface area (Å²) in [5.74, 6) is -0.353. The van der Waals surface area contributed by atoms with Crippen LogP contribution in [0.5, 0.6) is 5.75 Å². The number of aryl methyl sites for hydroxylation is 1. The van der Waals surface area contributed by atoms with E-state index in [0.29, 0.717) is 23.5 Å². The molecule has 5 heteroatoms. The minimum Gasteiger partial charge on any atom is -0.462 e. The lowest BCUT2D eigenvalue weighted by molar-refractivity contribution is 0.0457. The highest BCUT2D eigenvalue weighted by Gasteiger charge is 2.13. The molecular weight excluding hydrogens is 372 g/mol. The number of hydrogen-bond donors (Lipinski definition) is 0. The second-order valence-electron chi connectivity index (χ2n) is 5.87. The Hall–Kier alpha value is -2.14. The Bertz CT molecular complexity index is 753. The molecule has 2 aromatic carbocycles. The highest BCUT2D eigenvalue weighted by atomic mass is 79.9. The lowest BCUT2D eigenvalue weighted by Crippen LogP contribution is -2.11. The molecule has 0 amide bonds. The van der Waals surface area contributed by atoms with Gasteiger partial charge in [-0.3, -0.25) is 0 Å². The number of benzene rings is 2. The molecule has 4 nitrogen and oxygen atoms in total. The van der Waals surface area contributed by atoms with Crippen molar-refractivity contribution in [1.82, 2.24) is 0 Å². The Labute approximate surface area is 149 Å². The quantitative estimate of drug-likeness (QED) is 0.543. The monoisotopic (exact) mass is 390 g/mol. The molecule has 24 heavy (non-hydrogen) atoms. The molecule has 0 unspecified atom stereocenters. The number of rotatable bonds is 5. The fourth-order valence-corrected chi connectivity index (χ4v) is 2.28. The zero-order valence-electron chi connectivity index (χ0n) is 13.8. The molecule has 0 spiro atoms. The van der Waals surface area contributed by atoms with Crippen molar-refractivity contribution in [3.05, 3.63) is 63.6 Å². The predicted molar refractivity (Wildman–Crippen MR) is 95.4 cm³/mol. The maximum Gasteiger partial charge on any atom is 0.343 e. The summed E-state index contributed by atoms with van der Waals surface area (Å²) in [5.41, 5.74) is 1.81. The van der Waals surface area contributed by atoms with Gasteiger partial charge in [-0.2, -0.15) is 0 Å². The van der Waals surface area contributed by atoms with Crippen LogP contribution in [0.2, 0.25) is 0 Å². The van der Waals surface area contributed by atoms with Gasteiger partial charge in [-0.05, 0) is 48.7 Å². The Morgan fingerprint density at radius 1 is 1.04 bits per heavy atom. The lowest BCUT2D eigenvalue weighted by atomic mass is 10.1. The van der Waals surface area contributed by atoms with Gasteiger partial charge in [0.15, 0.2) is 0 Å². The molecule has 2 rings (SSSR count). The van der Waals surface area contributed by atoms with Crippen LogP contribution in [-0.2, 0) is 4.74 Å². The van der Waals surface area contributed by atoms with Gasteiger partial charge in [-0.15, -0.1) is 0 Å². The van der Waals surface area contributed by atoms with E-state index in [1.165, 1.54) is 6.07 Å². The van der Waals surface area contributed by atoms with Crippen molar-refractivity contribution in [2.75, 3.05) is 6.61 Å². The molecule has 0 bridgehead atoms. The normalized spacial score (nSPS) is 10.5. The number of carbonyl (C=O) groups is 2. The lowest BCUT2D eigenvalue weighted by Gasteiger charge is -2.09. The van der Waals surface area contributed by atoms with Crippen LogP contribution in [-0.4, -0.2) is 18.5 Å². The van der Waals surface area contributed by atoms with Crippen LogP contribution in [0.3, 0.4) is 0 Å². The second kappa shape index (κ2) is 8.11. The molecule has 0 atom stereocenters. The third-order valence-corrected chi connectivity index (χ3v) is 4.09. The summed E-state index contributed by atoms with van der Waals surface area (Å²) < 4.78 is 11.4. The Kier molecular flexibility index (Phi) is 6.15. The van der Waals surface area contributed by atoms with Crippen molar-refractivity contribution >= 4 is 27.9 Å². The van der Waals surface area contributed by atoms with E-state index in [0.717, 1.165) is 10.0 Å². The second-order valence-corrected chi connectivity index (χ2v) is 6.73. The van der Waals surface area contributed by atoms with Gasteiger partial charge in [-0.25, -0.2) is 9.59 Å². The zero-order valence-corrected chi connectivity index (χ0v) is 15.4. The Morgan fingerprint density at radius 2 is 1.75 bits per heavy atom. The molecule has 126 valence electrons. The SMILES string of the molecule is Cc1ccc(C(=O)Oc2cccc(C(=O)OCC(C)C)c2)cc1Br. The highest BCUT2D eigenvalue weighted by Crippen LogP contribution is 2.20. The van der Waals surface area contributed by atoms with Gasteiger partial charge in [-0.1, -0.05) is 41.9 Å². The summed E-state index contributed by atoms with van der Waals surface area (Å²) >= 11 is 3.39. The fourth-order valence-electron chi connectivity index (χ4n) is 1.90. The van der Waals surface area contributed by atoms with Gasteiger partial charge in [0.05, 0.1) is 17.7 Å². The number of carbonyl (C=O) groups excluding carboxylic acids is 2. The van der Waals surface area contributed by atoms with Crippen molar-refractivity contribution in [3.63, 3.8) is 0 Å². The molecule has 0 aliphatic rings. The van der Waals surface area contributed by atoms with Crippen molar-refractivity contribution in [1.29, 1.82) is 0 Å². The van der Waals surface area contributed by atoms with Crippen LogP contribution < -0.4 is 4.74 Å². The average Bonchev–Trinajstić information content (AvgIpc) is 2.55. The van der Waals surface area contributed by atoms with Crippen molar-refractivity contribution in [2.24, 2.45) is 5.92 Å². The van der Waals surface area contributed by atoms with Gasteiger partial charge in [0, 0.05) is 4.47 Å². The first kappa shape index (κ1) is 18.2. The topological polar surface area (TPSA) is 52.6 Å². The minimum absolute atomic E-state index is 0.259. The Morgan fingerprint density at radius 3 is 2.42 bits per heavy atom. The third kappa shape index (κ3) is 4.93. The van der Waals surface area contributed by atoms with E-state index in [4.69, 9.17) is 9.47 Å². The first-order valence-corrected chi connectivity index (χ1v) is 8.41. The zero-order chi connectivity index (χ0) is 17.7. The summed E-state index contributed by atoms with van der Waals surface area (Å²) in [5, 5.41) is 0. The number of halogens is 1. The van der Waals surface area contributed by atoms with E-state index < -0.39 is 11.9 Å². The van der Waals surface area contributed by atoms with E-state index in [9.17, 15) is 9.59 Å². The molecule has 0 fully saturated rings. The Balaban J connectivity index is 2.09. The van der Waals surface area contributed by atoms with Gasteiger partial charge in [0.2, 0.25) is 0 Å². The summed E-state index contributed by atoms with van der Waals surface area (Å²) in [6.45, 7) is 6.21. The molecule has 0 aliphatic carbocycles. The van der Waals surface area contributed by atoms with Crippen LogP contribution in [0.4, 0.5) is 0 Å². The molecule has 2 aromatic rings. The number of ether oxygens (including phenoxy) is 2. The van der Waals surface area contributed by atoms with E-state index in [1.807, 2.05) is 26.8 Å². The van der Waals surface area contributed by atoms with Crippen LogP contribution in [0.25, 0.3) is 0 Å². The van der Waals surface area contributed by atoms with Crippen LogP contribution in [0.15, 0.2) is 46.9 Å². The maximum atomic E-state index is 12.2. The first-order chi connectivity index (χ1) is 11.4. The van der Waals surface area contributed by atoms with Crippen molar-refractivity contribution in [2.45, 2.75) is 20.8 Å². The standard InChI is InChI=1S/C19H19BrO4/c1-12(2)11-23-18(21)14-5-4-6-16(9-14)24-19(22)15-8-7-13(3)17(20)10-15/h4-10,12H,11H2,1-3H3. The van der Waals surface area contributed by atoms with Gasteiger partial charge >= 0.3 is 11.9 Å². The van der Waals surface area contributed by atoms with Crippen LogP contribution in [0.1, 0.15) is 40.1 Å². The number of hydrogen-bond acceptors (Lipinski definition) is 4. The largest absolute Gasteiger partial charge is 0.462 e. The minimum atomic E-state index is -0.483. The number of esters is 2. The summed E-state index contributed by atoms with van der Waals surface area (Å²) in [7, 11) is 0. The van der Waals surface area contributed by atoms with Crippen LogP contribution >= 0.6 is 15.9 Å². The van der Waals surface area contributed by atoms with Crippen molar-refractivity contribution in [3.8, 4) is 5.75 Å². The van der Waals surface area contributed by atoms with E-state index >= 15 is 0 Å². The maximum absolute atomic E-state index is 12.2. The third-order valence-electron chi connectivity index (χ3n) is 3.24. The molecule has 0 saturated heterocycles. The van der Waals surface area contributed by atoms with E-state index in [2.05, 4.69) is 15.9 Å². The molecule has 0 N–H and O–H groups in total. The van der Waals surface area contributed by atoms with Crippen molar-refractivity contribution < 1.29 is 19.1 Å². The fraction of sp³-hybridized carbons (Fsp3) is 0.263. The molecule has 0 aromatic heterocycles. The molecule has 0 heterocycles. The van der Waals surface area contributed by atoms with E-state index in [-0.39, 0.29) is 5.92 Å².